The van der Waals surface area contributed by atoms with Crippen molar-refractivity contribution < 1.29 is 19.0 Å². The number of phenols is 1. The number of hydrogen-bond acceptors (Lipinski definition) is 7. The lowest BCUT2D eigenvalue weighted by Crippen LogP contribution is -2.27. The summed E-state index contributed by atoms with van der Waals surface area (Å²) in [6, 6.07) is 7.54. The average molecular weight is 379 g/mol. The SMILES string of the molecule is O=C1N=Cc2cc(NC3=NS(O)(O)c4cc(Cl)cc(O)c4N3)ccc21. The molecule has 2 heterocycles. The number of nitrogens with one attached hydrogen (secondary N) is 2. The summed E-state index contributed by atoms with van der Waals surface area (Å²) in [5.74, 6) is -0.505. The number of benzene rings is 2. The molecule has 0 bridgehead atoms. The van der Waals surface area contributed by atoms with Crippen molar-refractivity contribution >= 4 is 51.8 Å². The smallest absolute Gasteiger partial charge is 0.277 e. The summed E-state index contributed by atoms with van der Waals surface area (Å²) in [6.45, 7) is 0. The van der Waals surface area contributed by atoms with Gasteiger partial charge in [0.05, 0.1) is 5.56 Å². The van der Waals surface area contributed by atoms with Crippen molar-refractivity contribution in [3.63, 3.8) is 0 Å². The molecule has 25 heavy (non-hydrogen) atoms. The van der Waals surface area contributed by atoms with Crippen LogP contribution >= 0.6 is 22.4 Å². The number of phenolic OH excluding ortho intramolecular Hbond substituents is 1. The summed E-state index contributed by atoms with van der Waals surface area (Å²) < 4.78 is 24.4. The Morgan fingerprint density at radius 3 is 2.80 bits per heavy atom. The number of nitrogens with zero attached hydrogens (tertiary/aromatic N) is 2. The zero-order valence-electron chi connectivity index (χ0n) is 12.4. The fraction of sp³-hybridized carbons (Fsp3) is 0. The molecule has 2 aromatic carbocycles. The summed E-state index contributed by atoms with van der Waals surface area (Å²) in [5.41, 5.74) is 1.80. The van der Waals surface area contributed by atoms with Crippen LogP contribution in [-0.2, 0) is 0 Å². The number of carbonyl (C=O) groups excluding carboxylic acids is 1. The van der Waals surface area contributed by atoms with Crippen molar-refractivity contribution in [3.05, 3.63) is 46.5 Å². The van der Waals surface area contributed by atoms with Gasteiger partial charge in [-0.25, -0.2) is 4.99 Å². The topological polar surface area (TPSA) is 127 Å². The van der Waals surface area contributed by atoms with Gasteiger partial charge in [-0.1, -0.05) is 22.4 Å². The predicted molar refractivity (Wildman–Crippen MR) is 97.3 cm³/mol. The van der Waals surface area contributed by atoms with Gasteiger partial charge in [0.1, 0.15) is 16.3 Å². The molecule has 8 nitrogen and oxygen atoms in total. The minimum absolute atomic E-state index is 0.00901. The molecule has 0 saturated heterocycles. The second-order valence-corrected chi connectivity index (χ2v) is 7.47. The molecule has 5 N–H and O–H groups in total. The van der Waals surface area contributed by atoms with E-state index in [1.165, 1.54) is 18.3 Å². The molecule has 0 radical (unpaired) electrons. The molecule has 2 aromatic rings. The number of anilines is 2. The number of rotatable bonds is 1. The van der Waals surface area contributed by atoms with Crippen LogP contribution < -0.4 is 10.6 Å². The molecule has 1 amide bonds. The summed E-state index contributed by atoms with van der Waals surface area (Å²) in [5, 5.41) is 15.9. The van der Waals surface area contributed by atoms with E-state index >= 15 is 0 Å². The van der Waals surface area contributed by atoms with E-state index in [1.54, 1.807) is 18.2 Å². The third kappa shape index (κ3) is 2.72. The van der Waals surface area contributed by atoms with Crippen molar-refractivity contribution in [2.24, 2.45) is 9.39 Å². The van der Waals surface area contributed by atoms with Crippen LogP contribution in [0.1, 0.15) is 15.9 Å². The first kappa shape index (κ1) is 15.9. The molecule has 0 spiro atoms. The maximum absolute atomic E-state index is 11.5. The van der Waals surface area contributed by atoms with E-state index in [9.17, 15) is 19.0 Å². The predicted octanol–water partition coefficient (Wildman–Crippen LogP) is 3.54. The van der Waals surface area contributed by atoms with Gasteiger partial charge in [-0.2, -0.15) is 0 Å². The van der Waals surface area contributed by atoms with Gasteiger partial charge in [-0.15, -0.1) is 4.40 Å². The zero-order chi connectivity index (χ0) is 17.8. The number of carbonyl (C=O) groups is 1. The number of halogens is 1. The van der Waals surface area contributed by atoms with Gasteiger partial charge in [0.25, 0.3) is 5.91 Å². The molecule has 2 aliphatic rings. The van der Waals surface area contributed by atoms with E-state index in [2.05, 4.69) is 20.0 Å². The quantitative estimate of drug-likeness (QED) is 0.483. The Morgan fingerprint density at radius 2 is 2.00 bits per heavy atom. The molecular weight excluding hydrogens is 368 g/mol. The monoisotopic (exact) mass is 378 g/mol. The number of aliphatic imine (C=N–C) groups is 1. The van der Waals surface area contributed by atoms with Crippen LogP contribution in [0.4, 0.5) is 11.4 Å². The van der Waals surface area contributed by atoms with E-state index in [0.717, 1.165) is 0 Å². The van der Waals surface area contributed by atoms with Gasteiger partial charge >= 0.3 is 0 Å². The van der Waals surface area contributed by atoms with Crippen LogP contribution in [-0.4, -0.2) is 32.3 Å². The van der Waals surface area contributed by atoms with Gasteiger partial charge in [0, 0.05) is 28.6 Å². The molecule has 0 aliphatic carbocycles. The Bertz CT molecular complexity index is 990. The molecule has 0 atom stereocenters. The molecule has 0 aromatic heterocycles. The molecule has 10 heteroatoms. The van der Waals surface area contributed by atoms with Gasteiger partial charge in [0.2, 0.25) is 5.96 Å². The van der Waals surface area contributed by atoms with Gasteiger partial charge in [-0.05, 0) is 24.3 Å². The average Bonchev–Trinajstić information content (AvgIpc) is 2.89. The Kier molecular flexibility index (Phi) is 3.48. The third-order valence-electron chi connectivity index (χ3n) is 3.67. The minimum atomic E-state index is -3.54. The first-order chi connectivity index (χ1) is 11.8. The van der Waals surface area contributed by atoms with Crippen molar-refractivity contribution in [2.75, 3.05) is 10.6 Å². The maximum atomic E-state index is 11.5. The largest absolute Gasteiger partial charge is 0.506 e. The van der Waals surface area contributed by atoms with Crippen molar-refractivity contribution in [3.8, 4) is 5.75 Å². The molecule has 0 saturated carbocycles. The fourth-order valence-electron chi connectivity index (χ4n) is 2.56. The molecule has 0 unspecified atom stereocenters. The van der Waals surface area contributed by atoms with E-state index in [4.69, 9.17) is 11.6 Å². The Hall–Kier alpha value is -2.59. The summed E-state index contributed by atoms with van der Waals surface area (Å²) in [6.07, 6.45) is 1.45. The van der Waals surface area contributed by atoms with Crippen molar-refractivity contribution in [1.29, 1.82) is 0 Å². The third-order valence-corrected chi connectivity index (χ3v) is 5.24. The highest BCUT2D eigenvalue weighted by molar-refractivity contribution is 8.23. The lowest BCUT2D eigenvalue weighted by molar-refractivity contribution is 0.101. The summed E-state index contributed by atoms with van der Waals surface area (Å²) in [4.78, 5) is 15.2. The van der Waals surface area contributed by atoms with Crippen LogP contribution in [0.3, 0.4) is 0 Å². The van der Waals surface area contributed by atoms with E-state index in [-0.39, 0.29) is 33.2 Å². The molecule has 4 rings (SSSR count). The normalized spacial score (nSPS) is 18.0. The zero-order valence-corrected chi connectivity index (χ0v) is 14.0. The van der Waals surface area contributed by atoms with Crippen LogP contribution in [0.25, 0.3) is 0 Å². The highest BCUT2D eigenvalue weighted by Crippen LogP contribution is 2.57. The molecule has 128 valence electrons. The van der Waals surface area contributed by atoms with Gasteiger partial charge in [-0.3, -0.25) is 13.9 Å². The van der Waals surface area contributed by atoms with E-state index in [0.29, 0.717) is 16.8 Å². The van der Waals surface area contributed by atoms with E-state index < -0.39 is 10.8 Å². The molecule has 2 aliphatic heterocycles. The minimum Gasteiger partial charge on any atom is -0.506 e. The summed E-state index contributed by atoms with van der Waals surface area (Å²) >= 11 is 5.84. The molecular formula is C15H11ClN4O4S. The summed E-state index contributed by atoms with van der Waals surface area (Å²) in [7, 11) is -3.54. The number of aromatic hydroxyl groups is 1. The van der Waals surface area contributed by atoms with Crippen molar-refractivity contribution in [1.82, 2.24) is 0 Å². The van der Waals surface area contributed by atoms with Crippen LogP contribution in [0.5, 0.6) is 5.75 Å². The first-order valence-corrected chi connectivity index (χ1v) is 8.89. The van der Waals surface area contributed by atoms with Crippen LogP contribution in [0, 0.1) is 0 Å². The standard InChI is InChI=1S/C15H11ClN4O4S/c16-8-4-11(21)13-12(5-8)25(23,24)20-15(19-13)18-9-1-2-10-7(3-9)6-17-14(10)22/h1-6,21,23-24H,(H2,18,19,20). The number of fused-ring (bicyclic) bond motifs is 2. The number of amides is 1. The first-order valence-electron chi connectivity index (χ1n) is 7.01. The number of hydrogen-bond donors (Lipinski definition) is 5. The lowest BCUT2D eigenvalue weighted by atomic mass is 10.1. The van der Waals surface area contributed by atoms with Crippen LogP contribution in [0.15, 0.2) is 44.6 Å². The number of guanidine groups is 1. The Labute approximate surface area is 148 Å². The van der Waals surface area contributed by atoms with Gasteiger partial charge in [0.15, 0.2) is 0 Å². The maximum Gasteiger partial charge on any atom is 0.277 e. The second-order valence-electron chi connectivity index (χ2n) is 5.37. The molecule has 0 fully saturated rings. The Morgan fingerprint density at radius 1 is 1.20 bits per heavy atom. The fourth-order valence-corrected chi connectivity index (χ4v) is 3.99. The van der Waals surface area contributed by atoms with Crippen LogP contribution in [0.2, 0.25) is 5.02 Å². The van der Waals surface area contributed by atoms with E-state index in [1.807, 2.05) is 0 Å². The van der Waals surface area contributed by atoms with Crippen molar-refractivity contribution in [2.45, 2.75) is 4.90 Å². The highest BCUT2D eigenvalue weighted by Gasteiger charge is 2.29. The second kappa shape index (κ2) is 5.46. The lowest BCUT2D eigenvalue weighted by Gasteiger charge is -2.34. The Balaban J connectivity index is 1.68. The highest BCUT2D eigenvalue weighted by atomic mass is 35.5. The van der Waals surface area contributed by atoms with Gasteiger partial charge < -0.3 is 15.7 Å².